The van der Waals surface area contributed by atoms with Gasteiger partial charge in [0.15, 0.2) is 0 Å². The summed E-state index contributed by atoms with van der Waals surface area (Å²) in [6, 6.07) is 4.47. The van der Waals surface area contributed by atoms with Crippen LogP contribution < -0.4 is 0 Å². The van der Waals surface area contributed by atoms with E-state index in [0.717, 1.165) is 17.5 Å². The van der Waals surface area contributed by atoms with Crippen LogP contribution in [0.2, 0.25) is 0 Å². The molecule has 1 aliphatic rings. The van der Waals surface area contributed by atoms with E-state index in [1.807, 2.05) is 6.20 Å². The molecular formula is C14H21N. The highest BCUT2D eigenvalue weighted by molar-refractivity contribution is 5.20. The summed E-state index contributed by atoms with van der Waals surface area (Å²) >= 11 is 0. The van der Waals surface area contributed by atoms with Gasteiger partial charge in [-0.15, -0.1) is 0 Å². The molecule has 1 nitrogen and oxygen atoms in total. The predicted octanol–water partition coefficient (Wildman–Crippen LogP) is 4.07. The van der Waals surface area contributed by atoms with Crippen molar-refractivity contribution < 1.29 is 0 Å². The van der Waals surface area contributed by atoms with Crippen molar-refractivity contribution in [2.24, 2.45) is 5.92 Å². The Morgan fingerprint density at radius 1 is 1.40 bits per heavy atom. The Hall–Kier alpha value is -0.850. The van der Waals surface area contributed by atoms with Crippen molar-refractivity contribution in [2.45, 2.75) is 51.9 Å². The van der Waals surface area contributed by atoms with Gasteiger partial charge in [-0.1, -0.05) is 26.2 Å². The van der Waals surface area contributed by atoms with Gasteiger partial charge in [-0.25, -0.2) is 0 Å². The summed E-state index contributed by atoms with van der Waals surface area (Å²) < 4.78 is 0. The van der Waals surface area contributed by atoms with Crippen LogP contribution in [0.3, 0.4) is 0 Å². The molecule has 2 atom stereocenters. The molecule has 1 saturated carbocycles. The Morgan fingerprint density at radius 3 is 3.00 bits per heavy atom. The molecule has 2 rings (SSSR count). The van der Waals surface area contributed by atoms with Crippen molar-refractivity contribution in [2.75, 3.05) is 0 Å². The minimum Gasteiger partial charge on any atom is -0.262 e. The molecule has 1 heteroatoms. The smallest absolute Gasteiger partial charge is 0.0375 e. The summed E-state index contributed by atoms with van der Waals surface area (Å²) in [6.45, 7) is 4.41. The number of hydrogen-bond acceptors (Lipinski definition) is 1. The fraction of sp³-hybridized carbons (Fsp3) is 0.643. The number of rotatable bonds is 2. The highest BCUT2D eigenvalue weighted by Gasteiger charge is 2.21. The molecule has 0 aromatic carbocycles. The van der Waals surface area contributed by atoms with Gasteiger partial charge in [0, 0.05) is 11.9 Å². The number of hydrogen-bond donors (Lipinski definition) is 0. The fourth-order valence-corrected chi connectivity index (χ4v) is 2.79. The summed E-state index contributed by atoms with van der Waals surface area (Å²) in [5, 5.41) is 0. The van der Waals surface area contributed by atoms with Crippen LogP contribution in [0.15, 0.2) is 18.3 Å². The molecule has 82 valence electrons. The molecule has 2 unspecified atom stereocenters. The molecule has 15 heavy (non-hydrogen) atoms. The highest BCUT2D eigenvalue weighted by atomic mass is 14.6. The van der Waals surface area contributed by atoms with Gasteiger partial charge in [0.05, 0.1) is 0 Å². The van der Waals surface area contributed by atoms with Gasteiger partial charge in [0.25, 0.3) is 0 Å². The van der Waals surface area contributed by atoms with E-state index in [2.05, 4.69) is 31.0 Å². The second kappa shape index (κ2) is 4.78. The van der Waals surface area contributed by atoms with E-state index in [0.29, 0.717) is 0 Å². The second-order valence-corrected chi connectivity index (χ2v) is 4.87. The average Bonchev–Trinajstić information content (AvgIpc) is 2.29. The minimum absolute atomic E-state index is 0.797. The molecule has 0 spiro atoms. The largest absolute Gasteiger partial charge is 0.262 e. The molecule has 0 aliphatic heterocycles. The van der Waals surface area contributed by atoms with Crippen molar-refractivity contribution in [1.29, 1.82) is 0 Å². The van der Waals surface area contributed by atoms with Crippen LogP contribution in [-0.2, 0) is 0 Å². The topological polar surface area (TPSA) is 12.9 Å². The third-order valence-electron chi connectivity index (χ3n) is 3.75. The van der Waals surface area contributed by atoms with E-state index in [1.54, 1.807) is 0 Å². The van der Waals surface area contributed by atoms with Gasteiger partial charge in [-0.3, -0.25) is 4.98 Å². The minimum atomic E-state index is 0.797. The summed E-state index contributed by atoms with van der Waals surface area (Å²) in [7, 11) is 0. The molecule has 1 aliphatic carbocycles. The number of aryl methyl sites for hydroxylation is 1. The van der Waals surface area contributed by atoms with Gasteiger partial charge in [-0.2, -0.15) is 0 Å². The van der Waals surface area contributed by atoms with Crippen molar-refractivity contribution in [1.82, 2.24) is 4.98 Å². The summed E-state index contributed by atoms with van der Waals surface area (Å²) in [6.07, 6.45) is 8.92. The molecular weight excluding hydrogens is 182 g/mol. The first-order valence-corrected chi connectivity index (χ1v) is 6.22. The Kier molecular flexibility index (Phi) is 3.40. The van der Waals surface area contributed by atoms with Crippen LogP contribution in [0.25, 0.3) is 0 Å². The first-order valence-electron chi connectivity index (χ1n) is 6.22. The van der Waals surface area contributed by atoms with Gasteiger partial charge < -0.3 is 0 Å². The lowest BCUT2D eigenvalue weighted by Crippen LogP contribution is -2.13. The highest BCUT2D eigenvalue weighted by Crippen LogP contribution is 2.37. The molecule has 1 fully saturated rings. The van der Waals surface area contributed by atoms with Crippen molar-refractivity contribution in [3.63, 3.8) is 0 Å². The van der Waals surface area contributed by atoms with Crippen LogP contribution in [0.4, 0.5) is 0 Å². The molecule has 1 aromatic heterocycles. The zero-order valence-electron chi connectivity index (χ0n) is 9.87. The van der Waals surface area contributed by atoms with E-state index >= 15 is 0 Å². The quantitative estimate of drug-likeness (QED) is 0.706. The zero-order chi connectivity index (χ0) is 10.7. The van der Waals surface area contributed by atoms with Gasteiger partial charge in [0.2, 0.25) is 0 Å². The normalized spacial score (nSPS) is 26.5. The second-order valence-electron chi connectivity index (χ2n) is 4.87. The molecule has 0 saturated heterocycles. The maximum atomic E-state index is 4.27. The van der Waals surface area contributed by atoms with E-state index in [4.69, 9.17) is 0 Å². The SMILES string of the molecule is CCC1CCCC(c2ccnc(C)c2)C1. The molecule has 1 aromatic rings. The standard InChI is InChI=1S/C14H21N/c1-3-12-5-4-6-13(10-12)14-7-8-15-11(2)9-14/h7-9,12-13H,3-6,10H2,1-2H3. The monoisotopic (exact) mass is 203 g/mol. The summed E-state index contributed by atoms with van der Waals surface area (Å²) in [4.78, 5) is 4.27. The van der Waals surface area contributed by atoms with Crippen molar-refractivity contribution >= 4 is 0 Å². The van der Waals surface area contributed by atoms with Crippen LogP contribution in [0.5, 0.6) is 0 Å². The lowest BCUT2D eigenvalue weighted by Gasteiger charge is -2.28. The van der Waals surface area contributed by atoms with Gasteiger partial charge in [-0.05, 0) is 49.3 Å². The van der Waals surface area contributed by atoms with Crippen LogP contribution in [-0.4, -0.2) is 4.98 Å². The third-order valence-corrected chi connectivity index (χ3v) is 3.75. The third kappa shape index (κ3) is 2.58. The lowest BCUT2D eigenvalue weighted by atomic mass is 9.77. The lowest BCUT2D eigenvalue weighted by molar-refractivity contribution is 0.314. The van der Waals surface area contributed by atoms with E-state index in [9.17, 15) is 0 Å². The summed E-state index contributed by atoms with van der Waals surface area (Å²) in [5.74, 6) is 1.75. The van der Waals surface area contributed by atoms with E-state index in [-0.39, 0.29) is 0 Å². The predicted molar refractivity (Wildman–Crippen MR) is 64.0 cm³/mol. The number of aromatic nitrogens is 1. The molecule has 0 radical (unpaired) electrons. The first kappa shape index (κ1) is 10.7. The maximum Gasteiger partial charge on any atom is 0.0375 e. The van der Waals surface area contributed by atoms with Crippen LogP contribution in [0.1, 0.15) is 56.2 Å². The average molecular weight is 203 g/mol. The van der Waals surface area contributed by atoms with Crippen molar-refractivity contribution in [3.05, 3.63) is 29.6 Å². The maximum absolute atomic E-state index is 4.27. The fourth-order valence-electron chi connectivity index (χ4n) is 2.79. The first-order chi connectivity index (χ1) is 7.29. The van der Waals surface area contributed by atoms with E-state index in [1.165, 1.54) is 37.7 Å². The van der Waals surface area contributed by atoms with Crippen LogP contribution >= 0.6 is 0 Å². The molecule has 0 amide bonds. The Labute approximate surface area is 92.9 Å². The number of nitrogens with zero attached hydrogens (tertiary/aromatic N) is 1. The molecule has 0 N–H and O–H groups in total. The number of pyridine rings is 1. The Morgan fingerprint density at radius 2 is 2.27 bits per heavy atom. The molecule has 0 bridgehead atoms. The Balaban J connectivity index is 2.09. The Bertz CT molecular complexity index is 319. The van der Waals surface area contributed by atoms with Gasteiger partial charge >= 0.3 is 0 Å². The van der Waals surface area contributed by atoms with E-state index < -0.39 is 0 Å². The molecule has 1 heterocycles. The van der Waals surface area contributed by atoms with Crippen molar-refractivity contribution in [3.8, 4) is 0 Å². The van der Waals surface area contributed by atoms with Gasteiger partial charge in [0.1, 0.15) is 0 Å². The zero-order valence-corrected chi connectivity index (χ0v) is 9.87. The summed E-state index contributed by atoms with van der Waals surface area (Å²) in [5.41, 5.74) is 2.67. The van der Waals surface area contributed by atoms with Crippen LogP contribution in [0, 0.1) is 12.8 Å².